The zero-order valence-corrected chi connectivity index (χ0v) is 10.2. The summed E-state index contributed by atoms with van der Waals surface area (Å²) in [6.45, 7) is 10.1. The van der Waals surface area contributed by atoms with Gasteiger partial charge in [-0.3, -0.25) is 9.69 Å². The molecule has 90 valence electrons. The van der Waals surface area contributed by atoms with Crippen LogP contribution in [0.4, 0.5) is 0 Å². The predicted octanol–water partition coefficient (Wildman–Crippen LogP) is 1.51. The molecule has 2 unspecified atom stereocenters. The average molecular weight is 222 g/mol. The first-order chi connectivity index (χ1) is 7.74. The standard InChI is InChI=1S/C13H22N2O/c1-3-11-8-13(16)15(9-11)10-12-6-5-7-14(12)4-2/h3,11-12H,1,4-10H2,2H3. The van der Waals surface area contributed by atoms with E-state index in [0.29, 0.717) is 24.3 Å². The summed E-state index contributed by atoms with van der Waals surface area (Å²) in [6, 6.07) is 0.595. The van der Waals surface area contributed by atoms with Gasteiger partial charge in [0.15, 0.2) is 0 Å². The molecule has 0 saturated carbocycles. The summed E-state index contributed by atoms with van der Waals surface area (Å²) in [4.78, 5) is 16.3. The summed E-state index contributed by atoms with van der Waals surface area (Å²) >= 11 is 0. The van der Waals surface area contributed by atoms with Crippen molar-refractivity contribution in [1.29, 1.82) is 0 Å². The average Bonchev–Trinajstić information content (AvgIpc) is 2.86. The van der Waals surface area contributed by atoms with Gasteiger partial charge in [-0.25, -0.2) is 0 Å². The molecule has 2 saturated heterocycles. The van der Waals surface area contributed by atoms with E-state index in [1.165, 1.54) is 19.4 Å². The van der Waals surface area contributed by atoms with E-state index in [1.807, 2.05) is 11.0 Å². The van der Waals surface area contributed by atoms with Crippen LogP contribution in [0.2, 0.25) is 0 Å². The second-order valence-corrected chi connectivity index (χ2v) is 4.92. The van der Waals surface area contributed by atoms with Crippen LogP contribution in [0.5, 0.6) is 0 Å². The van der Waals surface area contributed by atoms with Crippen LogP contribution >= 0.6 is 0 Å². The highest BCUT2D eigenvalue weighted by Gasteiger charge is 2.32. The first kappa shape index (κ1) is 11.6. The molecule has 16 heavy (non-hydrogen) atoms. The van der Waals surface area contributed by atoms with Crippen LogP contribution in [-0.2, 0) is 4.79 Å². The highest BCUT2D eigenvalue weighted by atomic mass is 16.2. The lowest BCUT2D eigenvalue weighted by Gasteiger charge is -2.27. The van der Waals surface area contributed by atoms with Gasteiger partial charge in [-0.2, -0.15) is 0 Å². The maximum absolute atomic E-state index is 11.8. The number of hydrogen-bond donors (Lipinski definition) is 0. The Kier molecular flexibility index (Phi) is 3.64. The summed E-state index contributed by atoms with van der Waals surface area (Å²) < 4.78 is 0. The molecule has 0 bridgehead atoms. The van der Waals surface area contributed by atoms with E-state index in [-0.39, 0.29) is 0 Å². The Hall–Kier alpha value is -0.830. The van der Waals surface area contributed by atoms with Crippen molar-refractivity contribution in [2.45, 2.75) is 32.2 Å². The lowest BCUT2D eigenvalue weighted by atomic mass is 10.1. The molecule has 3 nitrogen and oxygen atoms in total. The van der Waals surface area contributed by atoms with Crippen molar-refractivity contribution >= 4 is 5.91 Å². The second kappa shape index (κ2) is 5.00. The maximum Gasteiger partial charge on any atom is 0.223 e. The van der Waals surface area contributed by atoms with Gasteiger partial charge in [-0.05, 0) is 25.9 Å². The van der Waals surface area contributed by atoms with E-state index in [9.17, 15) is 4.79 Å². The van der Waals surface area contributed by atoms with Gasteiger partial charge in [-0.15, -0.1) is 6.58 Å². The van der Waals surface area contributed by atoms with Gasteiger partial charge in [0, 0.05) is 31.5 Å². The largest absolute Gasteiger partial charge is 0.341 e. The number of amides is 1. The zero-order chi connectivity index (χ0) is 11.5. The number of likely N-dealkylation sites (N-methyl/N-ethyl adjacent to an activating group) is 1. The van der Waals surface area contributed by atoms with E-state index in [1.54, 1.807) is 0 Å². The molecule has 2 fully saturated rings. The Labute approximate surface area is 98.1 Å². The normalized spacial score (nSPS) is 31.3. The van der Waals surface area contributed by atoms with Crippen LogP contribution in [0.15, 0.2) is 12.7 Å². The fraction of sp³-hybridized carbons (Fsp3) is 0.769. The van der Waals surface area contributed by atoms with Gasteiger partial charge in [0.2, 0.25) is 5.91 Å². The zero-order valence-electron chi connectivity index (χ0n) is 10.2. The summed E-state index contributed by atoms with van der Waals surface area (Å²) in [5, 5.41) is 0. The van der Waals surface area contributed by atoms with Crippen molar-refractivity contribution in [1.82, 2.24) is 9.80 Å². The molecule has 3 heteroatoms. The van der Waals surface area contributed by atoms with Gasteiger partial charge >= 0.3 is 0 Å². The van der Waals surface area contributed by atoms with Gasteiger partial charge in [0.05, 0.1) is 0 Å². The lowest BCUT2D eigenvalue weighted by molar-refractivity contribution is -0.128. The van der Waals surface area contributed by atoms with E-state index in [0.717, 1.165) is 19.6 Å². The Morgan fingerprint density at radius 3 is 3.00 bits per heavy atom. The molecule has 0 aliphatic carbocycles. The monoisotopic (exact) mass is 222 g/mol. The third kappa shape index (κ3) is 2.29. The number of carbonyl (C=O) groups excluding carboxylic acids is 1. The number of nitrogens with zero attached hydrogens (tertiary/aromatic N) is 2. The lowest BCUT2D eigenvalue weighted by Crippen LogP contribution is -2.40. The molecule has 0 aromatic heterocycles. The van der Waals surface area contributed by atoms with Crippen molar-refractivity contribution in [2.75, 3.05) is 26.2 Å². The number of carbonyl (C=O) groups is 1. The third-order valence-electron chi connectivity index (χ3n) is 3.91. The van der Waals surface area contributed by atoms with Crippen LogP contribution < -0.4 is 0 Å². The molecule has 0 spiro atoms. The minimum Gasteiger partial charge on any atom is -0.341 e. The van der Waals surface area contributed by atoms with Gasteiger partial charge < -0.3 is 4.90 Å². The Morgan fingerprint density at radius 2 is 2.38 bits per heavy atom. The van der Waals surface area contributed by atoms with Crippen LogP contribution in [0.25, 0.3) is 0 Å². The van der Waals surface area contributed by atoms with Crippen LogP contribution in [0.1, 0.15) is 26.2 Å². The van der Waals surface area contributed by atoms with Crippen LogP contribution in [0.3, 0.4) is 0 Å². The molecule has 0 aromatic carbocycles. The minimum absolute atomic E-state index is 0.313. The fourth-order valence-corrected chi connectivity index (χ4v) is 2.91. The van der Waals surface area contributed by atoms with Gasteiger partial charge in [0.25, 0.3) is 0 Å². The van der Waals surface area contributed by atoms with Crippen molar-refractivity contribution in [3.8, 4) is 0 Å². The van der Waals surface area contributed by atoms with Crippen molar-refractivity contribution in [2.24, 2.45) is 5.92 Å². The Balaban J connectivity index is 1.89. The third-order valence-corrected chi connectivity index (χ3v) is 3.91. The highest BCUT2D eigenvalue weighted by Crippen LogP contribution is 2.23. The van der Waals surface area contributed by atoms with Gasteiger partial charge in [-0.1, -0.05) is 13.0 Å². The molecule has 0 N–H and O–H groups in total. The first-order valence-corrected chi connectivity index (χ1v) is 6.39. The summed E-state index contributed by atoms with van der Waals surface area (Å²) in [5.41, 5.74) is 0. The molecule has 2 heterocycles. The maximum atomic E-state index is 11.8. The van der Waals surface area contributed by atoms with Crippen LogP contribution in [0, 0.1) is 5.92 Å². The number of rotatable bonds is 4. The van der Waals surface area contributed by atoms with E-state index >= 15 is 0 Å². The van der Waals surface area contributed by atoms with Crippen molar-refractivity contribution in [3.63, 3.8) is 0 Å². The molecule has 0 radical (unpaired) electrons. The van der Waals surface area contributed by atoms with E-state index in [2.05, 4.69) is 18.4 Å². The molecule has 2 aliphatic rings. The Bertz CT molecular complexity index is 277. The molecule has 0 aromatic rings. The van der Waals surface area contributed by atoms with E-state index < -0.39 is 0 Å². The quantitative estimate of drug-likeness (QED) is 0.673. The molecule has 1 amide bonds. The van der Waals surface area contributed by atoms with Gasteiger partial charge in [0.1, 0.15) is 0 Å². The molecule has 2 atom stereocenters. The molecule has 2 aliphatic heterocycles. The summed E-state index contributed by atoms with van der Waals surface area (Å²) in [5.74, 6) is 0.692. The number of likely N-dealkylation sites (tertiary alicyclic amines) is 2. The SMILES string of the molecule is C=CC1CC(=O)N(CC2CCCN2CC)C1. The predicted molar refractivity (Wildman–Crippen MR) is 65.2 cm³/mol. The smallest absolute Gasteiger partial charge is 0.223 e. The highest BCUT2D eigenvalue weighted by molar-refractivity contribution is 5.79. The minimum atomic E-state index is 0.313. The molecule has 2 rings (SSSR count). The fourth-order valence-electron chi connectivity index (χ4n) is 2.91. The van der Waals surface area contributed by atoms with Crippen LogP contribution in [-0.4, -0.2) is 47.9 Å². The Morgan fingerprint density at radius 1 is 1.56 bits per heavy atom. The topological polar surface area (TPSA) is 23.6 Å². The number of hydrogen-bond acceptors (Lipinski definition) is 2. The molecular formula is C13H22N2O. The van der Waals surface area contributed by atoms with Crippen molar-refractivity contribution < 1.29 is 4.79 Å². The summed E-state index contributed by atoms with van der Waals surface area (Å²) in [7, 11) is 0. The van der Waals surface area contributed by atoms with Crippen molar-refractivity contribution in [3.05, 3.63) is 12.7 Å². The second-order valence-electron chi connectivity index (χ2n) is 4.92. The van der Waals surface area contributed by atoms with E-state index in [4.69, 9.17) is 0 Å². The summed E-state index contributed by atoms with van der Waals surface area (Å²) in [6.07, 6.45) is 5.12. The molecular weight excluding hydrogens is 200 g/mol. The first-order valence-electron chi connectivity index (χ1n) is 6.39.